The van der Waals surface area contributed by atoms with Gasteiger partial charge in [-0.2, -0.15) is 0 Å². The van der Waals surface area contributed by atoms with Crippen molar-refractivity contribution in [2.75, 3.05) is 6.54 Å². The number of carbonyl (C=O) groups is 1. The van der Waals surface area contributed by atoms with Gasteiger partial charge >= 0.3 is 0 Å². The number of piperidine rings is 1. The monoisotopic (exact) mass is 316 g/mol. The van der Waals surface area contributed by atoms with E-state index in [9.17, 15) is 4.79 Å². The van der Waals surface area contributed by atoms with E-state index in [4.69, 9.17) is 0 Å². The number of hydrogen-bond donors (Lipinski definition) is 2. The quantitative estimate of drug-likeness (QED) is 0.812. The molecule has 21 heavy (non-hydrogen) atoms. The van der Waals surface area contributed by atoms with Crippen molar-refractivity contribution in [1.29, 1.82) is 0 Å². The summed E-state index contributed by atoms with van der Waals surface area (Å²) in [5.74, 6) is 1.47. The summed E-state index contributed by atoms with van der Waals surface area (Å²) >= 11 is 0. The van der Waals surface area contributed by atoms with E-state index in [1.165, 1.54) is 44.9 Å². The summed E-state index contributed by atoms with van der Waals surface area (Å²) in [6.07, 6.45) is 11.1. The summed E-state index contributed by atoms with van der Waals surface area (Å²) in [4.78, 5) is 12.3. The second kappa shape index (κ2) is 9.68. The van der Waals surface area contributed by atoms with Crippen molar-refractivity contribution in [1.82, 2.24) is 10.6 Å². The molecule has 0 aromatic rings. The van der Waals surface area contributed by atoms with Gasteiger partial charge in [0.25, 0.3) is 0 Å². The molecule has 2 fully saturated rings. The number of halogens is 1. The van der Waals surface area contributed by atoms with E-state index < -0.39 is 0 Å². The van der Waals surface area contributed by atoms with Crippen LogP contribution in [0, 0.1) is 11.8 Å². The predicted octanol–water partition coefficient (Wildman–Crippen LogP) is 3.66. The van der Waals surface area contributed by atoms with Crippen molar-refractivity contribution >= 4 is 18.3 Å². The van der Waals surface area contributed by atoms with Crippen molar-refractivity contribution < 1.29 is 4.79 Å². The van der Waals surface area contributed by atoms with Crippen molar-refractivity contribution in [3.8, 4) is 0 Å². The molecule has 1 heterocycles. The van der Waals surface area contributed by atoms with Gasteiger partial charge in [0, 0.05) is 18.0 Å². The largest absolute Gasteiger partial charge is 0.353 e. The third-order valence-electron chi connectivity index (χ3n) is 5.15. The molecule has 0 aromatic carbocycles. The molecule has 0 spiro atoms. The number of unbranched alkanes of at least 4 members (excludes halogenated alkanes) is 1. The van der Waals surface area contributed by atoms with Crippen molar-refractivity contribution in [2.45, 2.75) is 83.7 Å². The molecule has 0 unspecified atom stereocenters. The molecule has 124 valence electrons. The Labute approximate surface area is 136 Å². The molecule has 2 N–H and O–H groups in total. The van der Waals surface area contributed by atoms with E-state index in [2.05, 4.69) is 24.5 Å². The molecule has 1 saturated carbocycles. The van der Waals surface area contributed by atoms with Crippen LogP contribution in [0.1, 0.15) is 71.6 Å². The summed E-state index contributed by atoms with van der Waals surface area (Å²) in [7, 11) is 0. The smallest absolute Gasteiger partial charge is 0.223 e. The van der Waals surface area contributed by atoms with Crippen LogP contribution in [0.3, 0.4) is 0 Å². The first-order chi connectivity index (χ1) is 9.69. The first kappa shape index (κ1) is 18.8. The molecule has 4 heteroatoms. The van der Waals surface area contributed by atoms with Gasteiger partial charge in [-0.1, -0.05) is 26.2 Å². The lowest BCUT2D eigenvalue weighted by molar-refractivity contribution is -0.127. The Morgan fingerprint density at radius 3 is 2.52 bits per heavy atom. The first-order valence-corrected chi connectivity index (χ1v) is 8.72. The number of hydrogen-bond acceptors (Lipinski definition) is 2. The average molecular weight is 317 g/mol. The second-order valence-corrected chi connectivity index (χ2v) is 6.94. The van der Waals surface area contributed by atoms with Crippen LogP contribution >= 0.6 is 12.4 Å². The van der Waals surface area contributed by atoms with Crippen molar-refractivity contribution in [3.63, 3.8) is 0 Å². The van der Waals surface area contributed by atoms with Gasteiger partial charge in [-0.05, 0) is 57.9 Å². The van der Waals surface area contributed by atoms with Crippen molar-refractivity contribution in [2.24, 2.45) is 11.8 Å². The Hall–Kier alpha value is -0.280. The average Bonchev–Trinajstić information content (AvgIpc) is 2.46. The minimum atomic E-state index is 0. The molecule has 2 atom stereocenters. The zero-order valence-electron chi connectivity index (χ0n) is 13.7. The van der Waals surface area contributed by atoms with E-state index in [0.29, 0.717) is 18.0 Å². The number of nitrogens with one attached hydrogen (secondary N) is 2. The van der Waals surface area contributed by atoms with Gasteiger partial charge in [-0.3, -0.25) is 4.79 Å². The summed E-state index contributed by atoms with van der Waals surface area (Å²) in [5, 5.41) is 6.73. The fraction of sp³-hybridized carbons (Fsp3) is 0.941. The molecule has 1 amide bonds. The minimum absolute atomic E-state index is 0. The Morgan fingerprint density at radius 1 is 1.19 bits per heavy atom. The van der Waals surface area contributed by atoms with Gasteiger partial charge in [0.1, 0.15) is 0 Å². The second-order valence-electron chi connectivity index (χ2n) is 6.94. The first-order valence-electron chi connectivity index (χ1n) is 8.72. The molecular formula is C17H33ClN2O. The molecule has 2 rings (SSSR count). The van der Waals surface area contributed by atoms with Gasteiger partial charge in [0.15, 0.2) is 0 Å². The maximum atomic E-state index is 12.3. The zero-order chi connectivity index (χ0) is 14.4. The standard InChI is InChI=1S/C17H32N2O.ClH/c1-3-4-5-14-6-8-16(9-7-14)19-17(20)15-10-11-18-13(2)12-15;/h13-16,18H,3-12H2,1-2H3,(H,19,20);1H/t13-,14?,15-,16?;/m0./s1. The molecule has 0 bridgehead atoms. The van der Waals surface area contributed by atoms with Crippen LogP contribution in [0.2, 0.25) is 0 Å². The third-order valence-corrected chi connectivity index (χ3v) is 5.15. The van der Waals surface area contributed by atoms with Crippen LogP contribution < -0.4 is 10.6 Å². The lowest BCUT2D eigenvalue weighted by Crippen LogP contribution is -2.46. The molecule has 3 nitrogen and oxygen atoms in total. The van der Waals surface area contributed by atoms with Crippen LogP contribution in [-0.2, 0) is 4.79 Å². The van der Waals surface area contributed by atoms with Crippen LogP contribution in [0.5, 0.6) is 0 Å². The van der Waals surface area contributed by atoms with Gasteiger partial charge < -0.3 is 10.6 Å². The van der Waals surface area contributed by atoms with Crippen LogP contribution in [0.25, 0.3) is 0 Å². The molecular weight excluding hydrogens is 284 g/mol. The third kappa shape index (κ3) is 6.15. The number of amides is 1. The lowest BCUT2D eigenvalue weighted by atomic mass is 9.82. The Bertz CT molecular complexity index is 303. The van der Waals surface area contributed by atoms with Crippen LogP contribution in [-0.4, -0.2) is 24.5 Å². The van der Waals surface area contributed by atoms with E-state index in [-0.39, 0.29) is 18.3 Å². The van der Waals surface area contributed by atoms with E-state index in [1.807, 2.05) is 0 Å². The molecule has 1 aliphatic heterocycles. The topological polar surface area (TPSA) is 41.1 Å². The highest BCUT2D eigenvalue weighted by Crippen LogP contribution is 2.28. The highest BCUT2D eigenvalue weighted by molar-refractivity contribution is 5.85. The molecule has 1 saturated heterocycles. The molecule has 0 aromatic heterocycles. The van der Waals surface area contributed by atoms with E-state index >= 15 is 0 Å². The maximum absolute atomic E-state index is 12.3. The zero-order valence-corrected chi connectivity index (χ0v) is 14.5. The Kier molecular flexibility index (Phi) is 8.65. The summed E-state index contributed by atoms with van der Waals surface area (Å²) < 4.78 is 0. The number of carbonyl (C=O) groups excluding carboxylic acids is 1. The van der Waals surface area contributed by atoms with Gasteiger partial charge in [0.2, 0.25) is 5.91 Å². The normalized spacial score (nSPS) is 33.0. The van der Waals surface area contributed by atoms with E-state index in [0.717, 1.165) is 25.3 Å². The Balaban J connectivity index is 0.00000220. The molecule has 1 aliphatic carbocycles. The van der Waals surface area contributed by atoms with Gasteiger partial charge in [0.05, 0.1) is 0 Å². The minimum Gasteiger partial charge on any atom is -0.353 e. The van der Waals surface area contributed by atoms with Crippen molar-refractivity contribution in [3.05, 3.63) is 0 Å². The molecule has 0 radical (unpaired) electrons. The summed E-state index contributed by atoms with van der Waals surface area (Å²) in [6, 6.07) is 0.940. The van der Waals surface area contributed by atoms with E-state index in [1.54, 1.807) is 0 Å². The SMILES string of the molecule is CCCCC1CCC(NC(=O)[C@H]2CCN[C@@H](C)C2)CC1.Cl. The fourth-order valence-electron chi connectivity index (χ4n) is 3.78. The highest BCUT2D eigenvalue weighted by Gasteiger charge is 2.28. The van der Waals surface area contributed by atoms with Gasteiger partial charge in [-0.25, -0.2) is 0 Å². The fourth-order valence-corrected chi connectivity index (χ4v) is 3.78. The Morgan fingerprint density at radius 2 is 1.90 bits per heavy atom. The number of rotatable bonds is 5. The van der Waals surface area contributed by atoms with Gasteiger partial charge in [-0.15, -0.1) is 12.4 Å². The predicted molar refractivity (Wildman–Crippen MR) is 90.9 cm³/mol. The maximum Gasteiger partial charge on any atom is 0.223 e. The summed E-state index contributed by atoms with van der Waals surface area (Å²) in [6.45, 7) is 5.44. The summed E-state index contributed by atoms with van der Waals surface area (Å²) in [5.41, 5.74) is 0. The van der Waals surface area contributed by atoms with Crippen LogP contribution in [0.15, 0.2) is 0 Å². The molecule has 2 aliphatic rings. The van der Waals surface area contributed by atoms with Crippen LogP contribution in [0.4, 0.5) is 0 Å². The lowest BCUT2D eigenvalue weighted by Gasteiger charge is -2.32. The highest BCUT2D eigenvalue weighted by atomic mass is 35.5.